The Kier molecular flexibility index (Phi) is 7.75. The lowest BCUT2D eigenvalue weighted by Crippen LogP contribution is -2.38. The van der Waals surface area contributed by atoms with Gasteiger partial charge in [-0.1, -0.05) is 6.92 Å². The van der Waals surface area contributed by atoms with Crippen LogP contribution in [0.15, 0.2) is 24.3 Å². The number of hydrogen-bond acceptors (Lipinski definition) is 5. The number of methoxy groups -OCH3 is 1. The molecule has 0 bridgehead atoms. The van der Waals surface area contributed by atoms with E-state index in [2.05, 4.69) is 4.98 Å². The van der Waals surface area contributed by atoms with E-state index < -0.39 is 11.9 Å². The maximum absolute atomic E-state index is 13.2. The highest BCUT2D eigenvalue weighted by Gasteiger charge is 2.23. The van der Waals surface area contributed by atoms with Crippen molar-refractivity contribution in [1.29, 1.82) is 0 Å². The number of benzene rings is 1. The summed E-state index contributed by atoms with van der Waals surface area (Å²) in [6, 6.07) is 7.31. The molecule has 0 saturated heterocycles. The predicted octanol–water partition coefficient (Wildman–Crippen LogP) is 3.14. The molecule has 0 saturated carbocycles. The van der Waals surface area contributed by atoms with Gasteiger partial charge >= 0.3 is 5.97 Å². The van der Waals surface area contributed by atoms with Gasteiger partial charge < -0.3 is 19.5 Å². The fourth-order valence-corrected chi connectivity index (χ4v) is 2.94. The molecule has 0 aliphatic carbocycles. The van der Waals surface area contributed by atoms with Crippen LogP contribution in [0.5, 0.6) is 5.75 Å². The normalized spacial score (nSPS) is 12.0. The zero-order valence-electron chi connectivity index (χ0n) is 16.9. The van der Waals surface area contributed by atoms with E-state index in [9.17, 15) is 14.7 Å². The van der Waals surface area contributed by atoms with Crippen molar-refractivity contribution in [1.82, 2.24) is 9.88 Å². The third-order valence-electron chi connectivity index (χ3n) is 4.57. The highest BCUT2D eigenvalue weighted by atomic mass is 16.5. The first-order chi connectivity index (χ1) is 13.4. The van der Waals surface area contributed by atoms with Gasteiger partial charge in [0.05, 0.1) is 29.8 Å². The highest BCUT2D eigenvalue weighted by molar-refractivity contribution is 5.99. The molecule has 1 amide bonds. The summed E-state index contributed by atoms with van der Waals surface area (Å²) in [6.07, 6.45) is 0.642. The number of carboxylic acid groups (broad SMARTS) is 1. The summed E-state index contributed by atoms with van der Waals surface area (Å²) in [4.78, 5) is 30.6. The van der Waals surface area contributed by atoms with Crippen molar-refractivity contribution in [3.63, 3.8) is 0 Å². The van der Waals surface area contributed by atoms with Gasteiger partial charge in [-0.15, -0.1) is 0 Å². The summed E-state index contributed by atoms with van der Waals surface area (Å²) >= 11 is 0. The molecule has 1 atom stereocenters. The van der Waals surface area contributed by atoms with Crippen LogP contribution in [0.3, 0.4) is 0 Å². The van der Waals surface area contributed by atoms with Gasteiger partial charge in [-0.05, 0) is 38.5 Å². The number of aromatic nitrogens is 1. The second kappa shape index (κ2) is 10.0. The molecule has 7 nitrogen and oxygen atoms in total. The number of carbonyl (C=O) groups excluding carboxylic acids is 1. The van der Waals surface area contributed by atoms with E-state index in [1.165, 1.54) is 0 Å². The van der Waals surface area contributed by atoms with Gasteiger partial charge in [0, 0.05) is 37.8 Å². The first-order valence-corrected chi connectivity index (χ1v) is 9.42. The van der Waals surface area contributed by atoms with Gasteiger partial charge in [0.1, 0.15) is 5.75 Å². The Morgan fingerprint density at radius 1 is 1.29 bits per heavy atom. The van der Waals surface area contributed by atoms with Gasteiger partial charge in [-0.25, -0.2) is 0 Å². The van der Waals surface area contributed by atoms with Gasteiger partial charge in [0.15, 0.2) is 0 Å². The predicted molar refractivity (Wildman–Crippen MR) is 107 cm³/mol. The Morgan fingerprint density at radius 3 is 2.68 bits per heavy atom. The standard InChI is InChI=1S/C21H28N2O5/c1-5-28-10-6-9-23(13-14(2)21(25)26)20(24)18-11-16-7-8-17(27-4)12-19(16)22-15(18)3/h7-8,11-12,14H,5-6,9-10,13H2,1-4H3,(H,25,26). The minimum absolute atomic E-state index is 0.139. The number of fused-ring (bicyclic) bond motifs is 1. The molecule has 0 aliphatic rings. The van der Waals surface area contributed by atoms with Crippen LogP contribution in [-0.4, -0.2) is 60.3 Å². The summed E-state index contributed by atoms with van der Waals surface area (Å²) in [7, 11) is 1.59. The van der Waals surface area contributed by atoms with Crippen molar-refractivity contribution in [2.75, 3.05) is 33.4 Å². The van der Waals surface area contributed by atoms with Crippen molar-refractivity contribution in [3.8, 4) is 5.75 Å². The first kappa shape index (κ1) is 21.6. The zero-order chi connectivity index (χ0) is 20.7. The number of hydrogen-bond donors (Lipinski definition) is 1. The molecule has 0 spiro atoms. The van der Waals surface area contributed by atoms with Gasteiger partial charge in [0.2, 0.25) is 0 Å². The average molecular weight is 388 g/mol. The van der Waals surface area contributed by atoms with Crippen molar-refractivity contribution < 1.29 is 24.2 Å². The van der Waals surface area contributed by atoms with Crippen LogP contribution in [0.25, 0.3) is 10.9 Å². The fraction of sp³-hybridized carbons (Fsp3) is 0.476. The Bertz CT molecular complexity index is 837. The van der Waals surface area contributed by atoms with Crippen LogP contribution < -0.4 is 4.74 Å². The van der Waals surface area contributed by atoms with Crippen LogP contribution in [0.2, 0.25) is 0 Å². The van der Waals surface area contributed by atoms with E-state index in [0.29, 0.717) is 43.2 Å². The second-order valence-corrected chi connectivity index (χ2v) is 6.72. The average Bonchev–Trinajstić information content (AvgIpc) is 2.68. The summed E-state index contributed by atoms with van der Waals surface area (Å²) in [5, 5.41) is 10.1. The molecule has 1 N–H and O–H groups in total. The molecule has 1 unspecified atom stereocenters. The summed E-state index contributed by atoms with van der Waals surface area (Å²) in [6.45, 7) is 6.99. The first-order valence-electron chi connectivity index (χ1n) is 9.42. The van der Waals surface area contributed by atoms with Crippen LogP contribution in [-0.2, 0) is 9.53 Å². The number of rotatable bonds is 10. The topological polar surface area (TPSA) is 89.0 Å². The minimum Gasteiger partial charge on any atom is -0.497 e. The third kappa shape index (κ3) is 5.42. The van der Waals surface area contributed by atoms with E-state index in [4.69, 9.17) is 9.47 Å². The SMILES string of the molecule is CCOCCCN(CC(C)C(=O)O)C(=O)c1cc2ccc(OC)cc2nc1C. The Labute approximate surface area is 165 Å². The Hall–Kier alpha value is -2.67. The quantitative estimate of drug-likeness (QED) is 0.629. The van der Waals surface area contributed by atoms with Gasteiger partial charge in [0.25, 0.3) is 5.91 Å². The Morgan fingerprint density at radius 2 is 2.04 bits per heavy atom. The monoisotopic (exact) mass is 388 g/mol. The molecule has 0 radical (unpaired) electrons. The molecule has 1 aromatic heterocycles. The van der Waals surface area contributed by atoms with Crippen molar-refractivity contribution >= 4 is 22.8 Å². The van der Waals surface area contributed by atoms with Crippen LogP contribution in [0.1, 0.15) is 36.3 Å². The Balaban J connectivity index is 2.30. The third-order valence-corrected chi connectivity index (χ3v) is 4.57. The molecule has 0 fully saturated rings. The van der Waals surface area contributed by atoms with Crippen molar-refractivity contribution in [3.05, 3.63) is 35.5 Å². The highest BCUT2D eigenvalue weighted by Crippen LogP contribution is 2.23. The number of pyridine rings is 1. The lowest BCUT2D eigenvalue weighted by atomic mass is 10.1. The molecular formula is C21H28N2O5. The maximum Gasteiger partial charge on any atom is 0.308 e. The summed E-state index contributed by atoms with van der Waals surface area (Å²) in [5.74, 6) is -1.10. The smallest absolute Gasteiger partial charge is 0.308 e. The lowest BCUT2D eigenvalue weighted by molar-refractivity contribution is -0.141. The maximum atomic E-state index is 13.2. The largest absolute Gasteiger partial charge is 0.497 e. The second-order valence-electron chi connectivity index (χ2n) is 6.72. The van der Waals surface area contributed by atoms with Crippen LogP contribution in [0.4, 0.5) is 0 Å². The molecule has 1 heterocycles. The molecule has 0 aliphatic heterocycles. The lowest BCUT2D eigenvalue weighted by Gasteiger charge is -2.25. The molecule has 7 heteroatoms. The van der Waals surface area contributed by atoms with Gasteiger partial charge in [-0.2, -0.15) is 0 Å². The number of amides is 1. The van der Waals surface area contributed by atoms with Crippen LogP contribution in [0, 0.1) is 12.8 Å². The molecule has 28 heavy (non-hydrogen) atoms. The summed E-state index contributed by atoms with van der Waals surface area (Å²) < 4.78 is 10.6. The minimum atomic E-state index is -0.928. The number of aryl methyl sites for hydroxylation is 1. The molecule has 2 rings (SSSR count). The van der Waals surface area contributed by atoms with Crippen molar-refractivity contribution in [2.24, 2.45) is 5.92 Å². The van der Waals surface area contributed by atoms with Gasteiger partial charge in [-0.3, -0.25) is 14.6 Å². The number of ether oxygens (including phenoxy) is 2. The molecular weight excluding hydrogens is 360 g/mol. The number of carbonyl (C=O) groups is 2. The number of aliphatic carboxylic acids is 1. The van der Waals surface area contributed by atoms with E-state index in [1.807, 2.05) is 25.1 Å². The molecule has 1 aromatic carbocycles. The fourth-order valence-electron chi connectivity index (χ4n) is 2.94. The number of carboxylic acids is 1. The summed E-state index contributed by atoms with van der Waals surface area (Å²) in [5.41, 5.74) is 1.82. The van der Waals surface area contributed by atoms with Crippen LogP contribution >= 0.6 is 0 Å². The van der Waals surface area contributed by atoms with E-state index in [0.717, 1.165) is 10.9 Å². The molecule has 152 valence electrons. The van der Waals surface area contributed by atoms with E-state index in [-0.39, 0.29) is 12.5 Å². The van der Waals surface area contributed by atoms with E-state index in [1.54, 1.807) is 31.9 Å². The molecule has 2 aromatic rings. The van der Waals surface area contributed by atoms with E-state index >= 15 is 0 Å². The zero-order valence-corrected chi connectivity index (χ0v) is 16.9. The van der Waals surface area contributed by atoms with Crippen molar-refractivity contribution in [2.45, 2.75) is 27.2 Å². The number of nitrogens with zero attached hydrogens (tertiary/aromatic N) is 2.